The van der Waals surface area contributed by atoms with Crippen LogP contribution in [0.3, 0.4) is 0 Å². The Kier molecular flexibility index (Phi) is 5.07. The molecule has 4 heterocycles. The fraction of sp³-hybridized carbons (Fsp3) is 0.192. The van der Waals surface area contributed by atoms with Gasteiger partial charge in [0.1, 0.15) is 0 Å². The van der Waals surface area contributed by atoms with Gasteiger partial charge in [-0.3, -0.25) is 14.8 Å². The van der Waals surface area contributed by atoms with Crippen LogP contribution in [0.15, 0.2) is 72.2 Å². The molecule has 0 radical (unpaired) electrons. The molecule has 6 heteroatoms. The van der Waals surface area contributed by atoms with Crippen LogP contribution in [-0.4, -0.2) is 33.0 Å². The Bertz CT molecular complexity index is 1400. The van der Waals surface area contributed by atoms with Crippen molar-refractivity contribution in [1.82, 2.24) is 19.4 Å². The average Bonchev–Trinajstić information content (AvgIpc) is 2.82. The van der Waals surface area contributed by atoms with Gasteiger partial charge in [-0.2, -0.15) is 0 Å². The summed E-state index contributed by atoms with van der Waals surface area (Å²) in [6.45, 7) is 1.66. The third-order valence-electron chi connectivity index (χ3n) is 6.23. The second-order valence-electron chi connectivity index (χ2n) is 8.35. The lowest BCUT2D eigenvalue weighted by Crippen LogP contribution is -2.34. The average molecular weight is 424 g/mol. The summed E-state index contributed by atoms with van der Waals surface area (Å²) < 4.78 is 1.68. The highest BCUT2D eigenvalue weighted by atomic mass is 16.1. The Labute approximate surface area is 186 Å². The molecule has 1 aliphatic rings. The highest BCUT2D eigenvalue weighted by molar-refractivity contribution is 5.88. The minimum Gasteiger partial charge on any atom is -0.404 e. The molecule has 1 aromatic carbocycles. The van der Waals surface area contributed by atoms with Gasteiger partial charge in [-0.15, -0.1) is 0 Å². The van der Waals surface area contributed by atoms with Crippen LogP contribution in [0.25, 0.3) is 27.5 Å². The van der Waals surface area contributed by atoms with E-state index in [1.165, 1.54) is 0 Å². The van der Waals surface area contributed by atoms with Gasteiger partial charge in [0, 0.05) is 78.8 Å². The van der Waals surface area contributed by atoms with Gasteiger partial charge in [-0.05, 0) is 48.2 Å². The summed E-state index contributed by atoms with van der Waals surface area (Å²) in [7, 11) is 3.90. The van der Waals surface area contributed by atoms with E-state index in [1.807, 2.05) is 49.9 Å². The van der Waals surface area contributed by atoms with E-state index in [4.69, 9.17) is 10.7 Å². The highest BCUT2D eigenvalue weighted by Crippen LogP contribution is 2.30. The summed E-state index contributed by atoms with van der Waals surface area (Å²) in [6.07, 6.45) is 9.81. The molecule has 0 aliphatic carbocycles. The van der Waals surface area contributed by atoms with Crippen molar-refractivity contribution in [3.05, 3.63) is 100 Å². The third kappa shape index (κ3) is 3.48. The van der Waals surface area contributed by atoms with Crippen molar-refractivity contribution in [3.63, 3.8) is 0 Å². The number of fused-ring (bicyclic) bond motifs is 2. The van der Waals surface area contributed by atoms with Gasteiger partial charge < -0.3 is 15.2 Å². The molecular weight excluding hydrogens is 398 g/mol. The van der Waals surface area contributed by atoms with Gasteiger partial charge in [-0.25, -0.2) is 0 Å². The number of pyridine rings is 3. The second kappa shape index (κ2) is 8.05. The molecule has 4 aromatic rings. The van der Waals surface area contributed by atoms with Crippen LogP contribution in [0.4, 0.5) is 0 Å². The predicted molar refractivity (Wildman–Crippen MR) is 128 cm³/mol. The number of hydrogen-bond acceptors (Lipinski definition) is 5. The summed E-state index contributed by atoms with van der Waals surface area (Å²) in [5.41, 5.74) is 12.9. The lowest BCUT2D eigenvalue weighted by Gasteiger charge is -2.27. The van der Waals surface area contributed by atoms with Crippen LogP contribution in [0.1, 0.15) is 22.4 Å². The molecule has 0 bridgehead atoms. The summed E-state index contributed by atoms with van der Waals surface area (Å²) in [5.74, 6) is 0. The van der Waals surface area contributed by atoms with Crippen molar-refractivity contribution in [2.24, 2.45) is 12.8 Å². The second-order valence-corrected chi connectivity index (χ2v) is 8.35. The van der Waals surface area contributed by atoms with Crippen molar-refractivity contribution in [2.45, 2.75) is 13.0 Å². The minimum absolute atomic E-state index is 0.0984. The highest BCUT2D eigenvalue weighted by Gasteiger charge is 2.21. The summed E-state index contributed by atoms with van der Waals surface area (Å²) in [4.78, 5) is 23.8. The fourth-order valence-corrected chi connectivity index (χ4v) is 4.47. The Morgan fingerprint density at radius 3 is 2.72 bits per heavy atom. The van der Waals surface area contributed by atoms with Crippen molar-refractivity contribution in [2.75, 3.05) is 13.6 Å². The van der Waals surface area contributed by atoms with Crippen LogP contribution in [0, 0.1) is 0 Å². The molecule has 3 aromatic heterocycles. The lowest BCUT2D eigenvalue weighted by molar-refractivity contribution is 0.311. The van der Waals surface area contributed by atoms with Gasteiger partial charge in [-0.1, -0.05) is 18.2 Å². The van der Waals surface area contributed by atoms with Crippen molar-refractivity contribution >= 4 is 16.3 Å². The third-order valence-corrected chi connectivity index (χ3v) is 6.23. The molecule has 0 saturated carbocycles. The Morgan fingerprint density at radius 2 is 1.94 bits per heavy atom. The maximum absolute atomic E-state index is 12.6. The quantitative estimate of drug-likeness (QED) is 0.547. The molecule has 2 N–H and O–H groups in total. The molecule has 6 nitrogen and oxygen atoms in total. The van der Waals surface area contributed by atoms with Gasteiger partial charge in [0.15, 0.2) is 0 Å². The number of aromatic nitrogens is 3. The van der Waals surface area contributed by atoms with Crippen molar-refractivity contribution in [3.8, 4) is 11.1 Å². The van der Waals surface area contributed by atoms with E-state index in [-0.39, 0.29) is 5.56 Å². The number of hydrogen-bond donors (Lipinski definition) is 1. The summed E-state index contributed by atoms with van der Waals surface area (Å²) in [6, 6.07) is 12.2. The smallest absolute Gasteiger partial charge is 0.253 e. The number of likely N-dealkylation sites (N-methyl/N-ethyl adjacent to an activating group) is 1. The predicted octanol–water partition coefficient (Wildman–Crippen LogP) is 3.33. The van der Waals surface area contributed by atoms with Crippen molar-refractivity contribution < 1.29 is 0 Å². The first-order chi connectivity index (χ1) is 15.5. The maximum Gasteiger partial charge on any atom is 0.253 e. The zero-order chi connectivity index (χ0) is 22.2. The molecule has 0 atom stereocenters. The zero-order valence-electron chi connectivity index (χ0n) is 18.2. The zero-order valence-corrected chi connectivity index (χ0v) is 18.2. The molecule has 1 aliphatic heterocycles. The summed E-state index contributed by atoms with van der Waals surface area (Å²) in [5, 5.41) is 2.19. The molecule has 5 rings (SSSR count). The van der Waals surface area contributed by atoms with Gasteiger partial charge in [0.25, 0.3) is 5.56 Å². The van der Waals surface area contributed by atoms with E-state index in [9.17, 15) is 4.79 Å². The van der Waals surface area contributed by atoms with Gasteiger partial charge >= 0.3 is 0 Å². The molecule has 32 heavy (non-hydrogen) atoms. The SMILES string of the molecule is CN1CCc2c(c(-c3ccc(/C(=C\N)c4ccc5cnccc5c4)nc3)cn(C)c2=O)C1. The first-order valence-electron chi connectivity index (χ1n) is 10.7. The normalized spacial score (nSPS) is 14.5. The maximum atomic E-state index is 12.6. The van der Waals surface area contributed by atoms with E-state index in [0.29, 0.717) is 0 Å². The fourth-order valence-electron chi connectivity index (χ4n) is 4.47. The van der Waals surface area contributed by atoms with Crippen LogP contribution >= 0.6 is 0 Å². The monoisotopic (exact) mass is 423 g/mol. The van der Waals surface area contributed by atoms with E-state index in [2.05, 4.69) is 29.1 Å². The van der Waals surface area contributed by atoms with Crippen LogP contribution in [-0.2, 0) is 20.0 Å². The first-order valence-corrected chi connectivity index (χ1v) is 10.7. The standard InChI is InChI=1S/C26H25N5O/c1-30-10-8-21-24(15-30)23(16-31(2)26(21)32)20-5-6-25(29-14-20)22(12-27)18-3-4-19-13-28-9-7-17(19)11-18/h3-7,9,11-14,16H,8,10,15,27H2,1-2H3/b22-12-. The number of nitrogens with two attached hydrogens (primary N) is 1. The molecular formula is C26H25N5O. The first kappa shape index (κ1) is 20.2. The van der Waals surface area contributed by atoms with Crippen molar-refractivity contribution in [1.29, 1.82) is 0 Å². The Morgan fingerprint density at radius 1 is 1.06 bits per heavy atom. The number of nitrogens with zero attached hydrogens (tertiary/aromatic N) is 4. The van der Waals surface area contributed by atoms with Crippen LogP contribution < -0.4 is 11.3 Å². The lowest BCUT2D eigenvalue weighted by atomic mass is 9.93. The molecule has 0 saturated heterocycles. The Hall–Kier alpha value is -3.77. The number of aryl methyl sites for hydroxylation is 1. The molecule has 0 fully saturated rings. The Balaban J connectivity index is 1.54. The van der Waals surface area contributed by atoms with Crippen LogP contribution in [0.2, 0.25) is 0 Å². The van der Waals surface area contributed by atoms with E-state index in [1.54, 1.807) is 17.0 Å². The van der Waals surface area contributed by atoms with Gasteiger partial charge in [0.05, 0.1) is 5.69 Å². The molecule has 160 valence electrons. The minimum atomic E-state index is 0.0984. The van der Waals surface area contributed by atoms with Gasteiger partial charge in [0.2, 0.25) is 0 Å². The topological polar surface area (TPSA) is 77.0 Å². The van der Waals surface area contributed by atoms with Crippen LogP contribution in [0.5, 0.6) is 0 Å². The largest absolute Gasteiger partial charge is 0.404 e. The number of benzene rings is 1. The van der Waals surface area contributed by atoms with E-state index in [0.717, 1.165) is 69.4 Å². The van der Waals surface area contributed by atoms with E-state index < -0.39 is 0 Å². The number of rotatable bonds is 3. The van der Waals surface area contributed by atoms with E-state index >= 15 is 0 Å². The summed E-state index contributed by atoms with van der Waals surface area (Å²) >= 11 is 0. The molecule has 0 unspecified atom stereocenters. The molecule has 0 amide bonds. The molecule has 0 spiro atoms.